The molecule has 0 aliphatic heterocycles. The van der Waals surface area contributed by atoms with Crippen LogP contribution in [0.3, 0.4) is 0 Å². The largest absolute Gasteiger partial charge is 0.478 e. The molecule has 0 saturated heterocycles. The van der Waals surface area contributed by atoms with Gasteiger partial charge in [-0.1, -0.05) is 13.0 Å². The number of hydrogen-bond donors (Lipinski definition) is 1. The fourth-order valence-electron chi connectivity index (χ4n) is 1.41. The average molecular weight is 240 g/mol. The van der Waals surface area contributed by atoms with E-state index in [1.54, 1.807) is 31.9 Å². The first kappa shape index (κ1) is 13.1. The normalized spacial score (nSPS) is 12.4. The Kier molecular flexibility index (Phi) is 4.83. The van der Waals surface area contributed by atoms with E-state index in [2.05, 4.69) is 6.92 Å². The summed E-state index contributed by atoms with van der Waals surface area (Å²) in [7, 11) is 1.66. The van der Waals surface area contributed by atoms with Crippen LogP contribution in [0.1, 0.15) is 22.8 Å². The lowest BCUT2D eigenvalue weighted by molar-refractivity contribution is 0.0696. The second-order valence-electron chi connectivity index (χ2n) is 3.67. The summed E-state index contributed by atoms with van der Waals surface area (Å²) >= 11 is 1.62. The summed E-state index contributed by atoms with van der Waals surface area (Å²) in [5.74, 6) is -0.876. The lowest BCUT2D eigenvalue weighted by Crippen LogP contribution is -2.05. The SMILES string of the molecule is COCC(C)Sc1ccc(C)c(C(=O)O)c1. The zero-order valence-electron chi connectivity index (χ0n) is 9.69. The number of carboxylic acids is 1. The fraction of sp³-hybridized carbons (Fsp3) is 0.417. The molecule has 0 fully saturated rings. The van der Waals surface area contributed by atoms with Crippen molar-refractivity contribution in [2.75, 3.05) is 13.7 Å². The van der Waals surface area contributed by atoms with Gasteiger partial charge in [0.2, 0.25) is 0 Å². The van der Waals surface area contributed by atoms with Gasteiger partial charge in [-0.05, 0) is 24.6 Å². The number of ether oxygens (including phenoxy) is 1. The summed E-state index contributed by atoms with van der Waals surface area (Å²) in [6, 6.07) is 5.50. The molecule has 4 heteroatoms. The van der Waals surface area contributed by atoms with Crippen LogP contribution < -0.4 is 0 Å². The number of aromatic carboxylic acids is 1. The van der Waals surface area contributed by atoms with Gasteiger partial charge >= 0.3 is 5.97 Å². The molecule has 1 rings (SSSR count). The Morgan fingerprint density at radius 2 is 2.25 bits per heavy atom. The van der Waals surface area contributed by atoms with Crippen LogP contribution in [0.15, 0.2) is 23.1 Å². The molecule has 88 valence electrons. The number of benzene rings is 1. The monoisotopic (exact) mass is 240 g/mol. The topological polar surface area (TPSA) is 46.5 Å². The molecule has 0 aromatic heterocycles. The van der Waals surface area contributed by atoms with Crippen LogP contribution in [0.5, 0.6) is 0 Å². The van der Waals surface area contributed by atoms with Crippen molar-refractivity contribution in [3.63, 3.8) is 0 Å². The molecule has 1 atom stereocenters. The van der Waals surface area contributed by atoms with Gasteiger partial charge in [-0.2, -0.15) is 0 Å². The molecule has 0 radical (unpaired) electrons. The van der Waals surface area contributed by atoms with Crippen molar-refractivity contribution in [3.8, 4) is 0 Å². The molecule has 1 unspecified atom stereocenters. The minimum absolute atomic E-state index is 0.314. The van der Waals surface area contributed by atoms with E-state index in [4.69, 9.17) is 9.84 Å². The van der Waals surface area contributed by atoms with Crippen LogP contribution in [0.4, 0.5) is 0 Å². The van der Waals surface area contributed by atoms with E-state index < -0.39 is 5.97 Å². The molecule has 16 heavy (non-hydrogen) atoms. The molecule has 1 aromatic rings. The first-order valence-corrected chi connectivity index (χ1v) is 5.92. The number of thioether (sulfide) groups is 1. The van der Waals surface area contributed by atoms with Crippen LogP contribution >= 0.6 is 11.8 Å². The number of rotatable bonds is 5. The molecule has 0 aliphatic rings. The van der Waals surface area contributed by atoms with Gasteiger partial charge in [0.1, 0.15) is 0 Å². The summed E-state index contributed by atoms with van der Waals surface area (Å²) < 4.78 is 5.04. The zero-order chi connectivity index (χ0) is 12.1. The lowest BCUT2D eigenvalue weighted by Gasteiger charge is -2.11. The summed E-state index contributed by atoms with van der Waals surface area (Å²) in [6.07, 6.45) is 0. The first-order chi connectivity index (χ1) is 7.54. The minimum atomic E-state index is -0.876. The zero-order valence-corrected chi connectivity index (χ0v) is 10.5. The van der Waals surface area contributed by atoms with E-state index in [1.807, 2.05) is 12.1 Å². The van der Waals surface area contributed by atoms with Crippen LogP contribution in [-0.4, -0.2) is 30.0 Å². The van der Waals surface area contributed by atoms with Crippen molar-refractivity contribution in [1.82, 2.24) is 0 Å². The van der Waals surface area contributed by atoms with Crippen LogP contribution in [0.2, 0.25) is 0 Å². The van der Waals surface area contributed by atoms with E-state index in [0.717, 1.165) is 10.5 Å². The van der Waals surface area contributed by atoms with E-state index in [-0.39, 0.29) is 0 Å². The fourth-order valence-corrected chi connectivity index (χ4v) is 2.41. The molecule has 0 heterocycles. The number of hydrogen-bond acceptors (Lipinski definition) is 3. The molecule has 0 bridgehead atoms. The molecule has 0 spiro atoms. The highest BCUT2D eigenvalue weighted by atomic mass is 32.2. The van der Waals surface area contributed by atoms with Gasteiger partial charge in [-0.25, -0.2) is 4.79 Å². The number of carbonyl (C=O) groups is 1. The van der Waals surface area contributed by atoms with E-state index in [9.17, 15) is 4.79 Å². The summed E-state index contributed by atoms with van der Waals surface area (Å²) in [5, 5.41) is 9.31. The highest BCUT2D eigenvalue weighted by Gasteiger charge is 2.10. The average Bonchev–Trinajstić information content (AvgIpc) is 2.21. The van der Waals surface area contributed by atoms with Gasteiger partial charge in [-0.15, -0.1) is 11.8 Å². The number of aryl methyl sites for hydroxylation is 1. The minimum Gasteiger partial charge on any atom is -0.478 e. The quantitative estimate of drug-likeness (QED) is 0.804. The highest BCUT2D eigenvalue weighted by molar-refractivity contribution is 8.00. The predicted octanol–water partition coefficient (Wildman–Crippen LogP) is 2.82. The van der Waals surface area contributed by atoms with Gasteiger partial charge in [0.05, 0.1) is 12.2 Å². The maximum Gasteiger partial charge on any atom is 0.335 e. The summed E-state index contributed by atoms with van der Waals surface area (Å²) in [5.41, 5.74) is 1.16. The Hall–Kier alpha value is -1.00. The molecule has 3 nitrogen and oxygen atoms in total. The van der Waals surface area contributed by atoms with Gasteiger partial charge in [-0.3, -0.25) is 0 Å². The highest BCUT2D eigenvalue weighted by Crippen LogP contribution is 2.25. The van der Waals surface area contributed by atoms with Crippen molar-refractivity contribution in [1.29, 1.82) is 0 Å². The first-order valence-electron chi connectivity index (χ1n) is 5.04. The molecule has 1 N–H and O–H groups in total. The Labute approximate surface area is 99.8 Å². The van der Waals surface area contributed by atoms with Crippen LogP contribution in [0, 0.1) is 6.92 Å². The molecule has 0 aliphatic carbocycles. The van der Waals surface area contributed by atoms with Crippen LogP contribution in [-0.2, 0) is 4.74 Å². The molecule has 0 saturated carbocycles. The standard InChI is InChI=1S/C12H16O3S/c1-8-4-5-10(6-11(8)12(13)14)16-9(2)7-15-3/h4-6,9H,7H2,1-3H3,(H,13,14). The van der Waals surface area contributed by atoms with Gasteiger partial charge in [0, 0.05) is 17.3 Å². The van der Waals surface area contributed by atoms with Crippen molar-refractivity contribution in [2.24, 2.45) is 0 Å². The Bertz CT molecular complexity index is 377. The third-order valence-electron chi connectivity index (χ3n) is 2.18. The van der Waals surface area contributed by atoms with Crippen molar-refractivity contribution in [2.45, 2.75) is 24.0 Å². The van der Waals surface area contributed by atoms with Crippen molar-refractivity contribution in [3.05, 3.63) is 29.3 Å². The van der Waals surface area contributed by atoms with Gasteiger partial charge < -0.3 is 9.84 Å². The van der Waals surface area contributed by atoms with Gasteiger partial charge in [0.15, 0.2) is 0 Å². The molecule has 1 aromatic carbocycles. The molecular weight excluding hydrogens is 224 g/mol. The van der Waals surface area contributed by atoms with E-state index in [0.29, 0.717) is 17.4 Å². The Morgan fingerprint density at radius 1 is 1.56 bits per heavy atom. The predicted molar refractivity (Wildman–Crippen MR) is 65.3 cm³/mol. The maximum atomic E-state index is 11.0. The lowest BCUT2D eigenvalue weighted by atomic mass is 10.1. The smallest absolute Gasteiger partial charge is 0.335 e. The maximum absolute atomic E-state index is 11.0. The number of carboxylic acid groups (broad SMARTS) is 1. The third-order valence-corrected chi connectivity index (χ3v) is 3.24. The van der Waals surface area contributed by atoms with Crippen molar-refractivity contribution >= 4 is 17.7 Å². The van der Waals surface area contributed by atoms with Crippen LogP contribution in [0.25, 0.3) is 0 Å². The summed E-state index contributed by atoms with van der Waals surface area (Å²) in [4.78, 5) is 11.9. The third kappa shape index (κ3) is 3.54. The van der Waals surface area contributed by atoms with Gasteiger partial charge in [0.25, 0.3) is 0 Å². The van der Waals surface area contributed by atoms with Crippen molar-refractivity contribution < 1.29 is 14.6 Å². The Morgan fingerprint density at radius 3 is 2.81 bits per heavy atom. The second-order valence-corrected chi connectivity index (χ2v) is 5.18. The van der Waals surface area contributed by atoms with E-state index >= 15 is 0 Å². The second kappa shape index (κ2) is 5.92. The Balaban J connectivity index is 2.82. The molecule has 0 amide bonds. The van der Waals surface area contributed by atoms with E-state index in [1.165, 1.54) is 0 Å². The number of methoxy groups -OCH3 is 1. The molecular formula is C12H16O3S. The summed E-state index contributed by atoms with van der Waals surface area (Å²) in [6.45, 7) is 4.51.